The van der Waals surface area contributed by atoms with Crippen LogP contribution in [-0.2, 0) is 30.5 Å². The van der Waals surface area contributed by atoms with Gasteiger partial charge in [0.05, 0.1) is 11.3 Å². The minimum absolute atomic E-state index is 0.273. The Kier molecular flexibility index (Phi) is 4.68. The van der Waals surface area contributed by atoms with E-state index in [-0.39, 0.29) is 6.61 Å². The third-order valence-electron chi connectivity index (χ3n) is 3.73. The Hall–Kier alpha value is -2.19. The minimum Gasteiger partial charge on any atom is -0.377 e. The number of alkyl halides is 3. The first kappa shape index (κ1) is 16.7. The molecule has 1 aliphatic heterocycles. The molecule has 0 spiro atoms. The molecule has 0 aliphatic carbocycles. The van der Waals surface area contributed by atoms with Crippen LogP contribution in [-0.4, -0.2) is 23.6 Å². The monoisotopic (exact) mass is 338 g/mol. The van der Waals surface area contributed by atoms with Crippen molar-refractivity contribution in [1.29, 1.82) is 0 Å². The fraction of sp³-hybridized carbons (Fsp3) is 0.375. The van der Waals surface area contributed by atoms with Crippen molar-refractivity contribution in [2.75, 3.05) is 19.0 Å². The highest BCUT2D eigenvalue weighted by molar-refractivity contribution is 5.61. The lowest BCUT2D eigenvalue weighted by Crippen LogP contribution is -2.26. The molecular formula is C16H17F3N4O. The summed E-state index contributed by atoms with van der Waals surface area (Å²) in [6.45, 7) is 1.72. The van der Waals surface area contributed by atoms with Gasteiger partial charge in [0.25, 0.3) is 0 Å². The van der Waals surface area contributed by atoms with Gasteiger partial charge in [0.15, 0.2) is 5.82 Å². The fourth-order valence-electron chi connectivity index (χ4n) is 2.59. The average Bonchev–Trinajstić information content (AvgIpc) is 2.55. The van der Waals surface area contributed by atoms with E-state index in [0.717, 1.165) is 36.4 Å². The van der Waals surface area contributed by atoms with E-state index in [0.29, 0.717) is 23.9 Å². The molecule has 3 rings (SSSR count). The van der Waals surface area contributed by atoms with Crippen LogP contribution in [0, 0.1) is 0 Å². The molecule has 2 aromatic rings. The molecule has 128 valence electrons. The lowest BCUT2D eigenvalue weighted by molar-refractivity contribution is -0.137. The summed E-state index contributed by atoms with van der Waals surface area (Å²) in [5.74, 6) is 1.16. The topological polar surface area (TPSA) is 59.1 Å². The van der Waals surface area contributed by atoms with E-state index < -0.39 is 11.7 Å². The van der Waals surface area contributed by atoms with Crippen LogP contribution in [0.2, 0.25) is 0 Å². The zero-order valence-electron chi connectivity index (χ0n) is 13.1. The van der Waals surface area contributed by atoms with Gasteiger partial charge in [0.2, 0.25) is 0 Å². The second-order valence-corrected chi connectivity index (χ2v) is 5.47. The maximum absolute atomic E-state index is 12.6. The number of ether oxygens (including phenoxy) is 1. The van der Waals surface area contributed by atoms with E-state index in [1.54, 1.807) is 7.11 Å². The predicted octanol–water partition coefficient (Wildman–Crippen LogP) is 3.03. The van der Waals surface area contributed by atoms with Crippen LogP contribution in [0.4, 0.5) is 24.7 Å². The summed E-state index contributed by atoms with van der Waals surface area (Å²) in [4.78, 5) is 8.91. The summed E-state index contributed by atoms with van der Waals surface area (Å²) in [6, 6.07) is 4.89. The van der Waals surface area contributed by atoms with Crippen molar-refractivity contribution in [2.45, 2.75) is 25.7 Å². The number of fused-ring (bicyclic) bond motifs is 1. The van der Waals surface area contributed by atoms with Crippen LogP contribution in [0.3, 0.4) is 0 Å². The van der Waals surface area contributed by atoms with Crippen molar-refractivity contribution in [1.82, 2.24) is 15.3 Å². The third kappa shape index (κ3) is 3.65. The van der Waals surface area contributed by atoms with Crippen molar-refractivity contribution in [3.05, 3.63) is 46.9 Å². The standard InChI is InChI=1S/C16H17F3N4O/c1-24-9-14-22-13-8-20-7-6-12(13)15(23-14)21-11-4-2-10(3-5-11)16(17,18)19/h2-5,20H,6-9H2,1H3,(H,21,22,23). The van der Waals surface area contributed by atoms with Gasteiger partial charge >= 0.3 is 6.18 Å². The van der Waals surface area contributed by atoms with Gasteiger partial charge in [-0.2, -0.15) is 13.2 Å². The molecule has 0 atom stereocenters. The zero-order chi connectivity index (χ0) is 17.2. The van der Waals surface area contributed by atoms with Crippen molar-refractivity contribution >= 4 is 11.5 Å². The lowest BCUT2D eigenvalue weighted by Gasteiger charge is -2.20. The Labute approximate surface area is 137 Å². The van der Waals surface area contributed by atoms with Crippen LogP contribution < -0.4 is 10.6 Å². The first-order valence-electron chi connectivity index (χ1n) is 7.50. The molecule has 2 heterocycles. The van der Waals surface area contributed by atoms with Crippen molar-refractivity contribution in [3.8, 4) is 0 Å². The highest BCUT2D eigenvalue weighted by Crippen LogP contribution is 2.31. The molecule has 0 bridgehead atoms. The molecule has 0 unspecified atom stereocenters. The number of benzene rings is 1. The van der Waals surface area contributed by atoms with Gasteiger partial charge in [0.1, 0.15) is 12.4 Å². The number of hydrogen-bond donors (Lipinski definition) is 2. The number of anilines is 2. The molecule has 2 N–H and O–H groups in total. The van der Waals surface area contributed by atoms with Gasteiger partial charge in [-0.1, -0.05) is 0 Å². The number of aromatic nitrogens is 2. The number of halogens is 3. The number of rotatable bonds is 4. The lowest BCUT2D eigenvalue weighted by atomic mass is 10.1. The van der Waals surface area contributed by atoms with Crippen LogP contribution >= 0.6 is 0 Å². The summed E-state index contributed by atoms with van der Waals surface area (Å²) in [6.07, 6.45) is -3.59. The molecule has 0 saturated carbocycles. The van der Waals surface area contributed by atoms with Crippen LogP contribution in [0.25, 0.3) is 0 Å². The van der Waals surface area contributed by atoms with Crippen molar-refractivity contribution < 1.29 is 17.9 Å². The van der Waals surface area contributed by atoms with E-state index in [1.165, 1.54) is 12.1 Å². The second-order valence-electron chi connectivity index (χ2n) is 5.47. The molecule has 1 aromatic carbocycles. The first-order valence-corrected chi connectivity index (χ1v) is 7.50. The number of nitrogens with one attached hydrogen (secondary N) is 2. The van der Waals surface area contributed by atoms with E-state index in [2.05, 4.69) is 20.6 Å². The zero-order valence-corrected chi connectivity index (χ0v) is 13.1. The van der Waals surface area contributed by atoms with Gasteiger partial charge in [0, 0.05) is 24.9 Å². The minimum atomic E-state index is -4.34. The van der Waals surface area contributed by atoms with Gasteiger partial charge in [-0.25, -0.2) is 9.97 Å². The molecule has 24 heavy (non-hydrogen) atoms. The van der Waals surface area contributed by atoms with E-state index in [1.807, 2.05) is 0 Å². The molecular weight excluding hydrogens is 321 g/mol. The normalized spacial score (nSPS) is 14.3. The maximum Gasteiger partial charge on any atom is 0.416 e. The molecule has 0 radical (unpaired) electrons. The Morgan fingerprint density at radius 3 is 2.62 bits per heavy atom. The molecule has 0 saturated heterocycles. The predicted molar refractivity (Wildman–Crippen MR) is 82.9 cm³/mol. The molecule has 1 aromatic heterocycles. The average molecular weight is 338 g/mol. The SMILES string of the molecule is COCc1nc2c(c(Nc3ccc(C(F)(F)F)cc3)n1)CCNC2. The summed E-state index contributed by atoms with van der Waals surface area (Å²) in [7, 11) is 1.56. The van der Waals surface area contributed by atoms with Gasteiger partial charge in [-0.3, -0.25) is 0 Å². The number of methoxy groups -OCH3 is 1. The molecule has 1 aliphatic rings. The molecule has 8 heteroatoms. The Morgan fingerprint density at radius 1 is 1.21 bits per heavy atom. The molecule has 0 amide bonds. The maximum atomic E-state index is 12.6. The summed E-state index contributed by atoms with van der Waals surface area (Å²) < 4.78 is 43.0. The quantitative estimate of drug-likeness (QED) is 0.897. The summed E-state index contributed by atoms with van der Waals surface area (Å²) in [5, 5.41) is 6.35. The van der Waals surface area contributed by atoms with Crippen LogP contribution in [0.1, 0.15) is 22.6 Å². The number of nitrogens with zero attached hydrogens (tertiary/aromatic N) is 2. The Balaban J connectivity index is 1.89. The molecule has 0 fully saturated rings. The summed E-state index contributed by atoms with van der Waals surface area (Å²) in [5.41, 5.74) is 1.74. The summed E-state index contributed by atoms with van der Waals surface area (Å²) >= 11 is 0. The van der Waals surface area contributed by atoms with Crippen LogP contribution in [0.15, 0.2) is 24.3 Å². The van der Waals surface area contributed by atoms with Crippen molar-refractivity contribution in [3.63, 3.8) is 0 Å². The van der Waals surface area contributed by atoms with Crippen LogP contribution in [0.5, 0.6) is 0 Å². The third-order valence-corrected chi connectivity index (χ3v) is 3.73. The Bertz CT molecular complexity index is 716. The first-order chi connectivity index (χ1) is 11.5. The van der Waals surface area contributed by atoms with Gasteiger partial charge in [-0.15, -0.1) is 0 Å². The number of hydrogen-bond acceptors (Lipinski definition) is 5. The highest BCUT2D eigenvalue weighted by Gasteiger charge is 2.30. The fourth-order valence-corrected chi connectivity index (χ4v) is 2.59. The second kappa shape index (κ2) is 6.74. The largest absolute Gasteiger partial charge is 0.416 e. The van der Waals surface area contributed by atoms with E-state index in [4.69, 9.17) is 4.74 Å². The molecule has 5 nitrogen and oxygen atoms in total. The van der Waals surface area contributed by atoms with E-state index >= 15 is 0 Å². The van der Waals surface area contributed by atoms with Crippen molar-refractivity contribution in [2.24, 2.45) is 0 Å². The van der Waals surface area contributed by atoms with E-state index in [9.17, 15) is 13.2 Å². The Morgan fingerprint density at radius 2 is 1.96 bits per heavy atom. The van der Waals surface area contributed by atoms with Gasteiger partial charge < -0.3 is 15.4 Å². The van der Waals surface area contributed by atoms with Gasteiger partial charge in [-0.05, 0) is 37.2 Å². The highest BCUT2D eigenvalue weighted by atomic mass is 19.4. The smallest absolute Gasteiger partial charge is 0.377 e.